The summed E-state index contributed by atoms with van der Waals surface area (Å²) in [6, 6.07) is 14.4. The first-order chi connectivity index (χ1) is 13.2. The van der Waals surface area contributed by atoms with Crippen molar-refractivity contribution in [2.24, 2.45) is 17.6 Å². The van der Waals surface area contributed by atoms with Crippen LogP contribution in [0.15, 0.2) is 42.6 Å². The highest BCUT2D eigenvalue weighted by Crippen LogP contribution is 2.39. The Bertz CT molecular complexity index is 1020. The lowest BCUT2D eigenvalue weighted by Gasteiger charge is -2.21. The van der Waals surface area contributed by atoms with Crippen LogP contribution in [0.2, 0.25) is 0 Å². The SMILES string of the molecule is N#Cc1ccc(Cn2c(N3C[C@@H]4CC[C@@H](N)[C@@H]4C3)nc3ccccc32)nc1. The first kappa shape index (κ1) is 16.3. The molecule has 2 N–H and O–H groups in total. The zero-order valence-electron chi connectivity index (χ0n) is 15.1. The molecule has 0 bridgehead atoms. The van der Waals surface area contributed by atoms with Crippen molar-refractivity contribution in [2.75, 3.05) is 18.0 Å². The summed E-state index contributed by atoms with van der Waals surface area (Å²) in [6.45, 7) is 2.65. The number of para-hydroxylation sites is 2. The predicted octanol–water partition coefficient (Wildman–Crippen LogP) is 2.52. The second-order valence-electron chi connectivity index (χ2n) is 7.71. The summed E-state index contributed by atoms with van der Waals surface area (Å²) in [5, 5.41) is 8.99. The van der Waals surface area contributed by atoms with Crippen molar-refractivity contribution in [3.8, 4) is 6.07 Å². The molecule has 136 valence electrons. The predicted molar refractivity (Wildman–Crippen MR) is 104 cm³/mol. The van der Waals surface area contributed by atoms with Gasteiger partial charge in [0.25, 0.3) is 0 Å². The zero-order valence-corrected chi connectivity index (χ0v) is 15.1. The fourth-order valence-corrected chi connectivity index (χ4v) is 4.68. The van der Waals surface area contributed by atoms with E-state index in [0.717, 1.165) is 42.2 Å². The van der Waals surface area contributed by atoms with Crippen molar-refractivity contribution >= 4 is 17.0 Å². The normalized spacial score (nSPS) is 24.3. The van der Waals surface area contributed by atoms with Gasteiger partial charge >= 0.3 is 0 Å². The van der Waals surface area contributed by atoms with E-state index in [9.17, 15) is 0 Å². The Balaban J connectivity index is 1.52. The molecule has 3 aromatic rings. The highest BCUT2D eigenvalue weighted by molar-refractivity contribution is 5.79. The van der Waals surface area contributed by atoms with Gasteiger partial charge in [0.1, 0.15) is 6.07 Å². The molecule has 1 aliphatic carbocycles. The average molecular weight is 358 g/mol. The van der Waals surface area contributed by atoms with E-state index in [2.05, 4.69) is 32.7 Å². The molecule has 2 aromatic heterocycles. The summed E-state index contributed by atoms with van der Waals surface area (Å²) in [7, 11) is 0. The van der Waals surface area contributed by atoms with Gasteiger partial charge in [0.2, 0.25) is 5.95 Å². The maximum Gasteiger partial charge on any atom is 0.206 e. The summed E-state index contributed by atoms with van der Waals surface area (Å²) in [6.07, 6.45) is 4.00. The van der Waals surface area contributed by atoms with Crippen LogP contribution in [0, 0.1) is 23.2 Å². The molecule has 27 heavy (non-hydrogen) atoms. The Morgan fingerprint density at radius 1 is 1.15 bits per heavy atom. The summed E-state index contributed by atoms with van der Waals surface area (Å²) in [5.74, 6) is 2.26. The minimum Gasteiger partial charge on any atom is -0.342 e. The van der Waals surface area contributed by atoms with Crippen LogP contribution in [0.4, 0.5) is 5.95 Å². The van der Waals surface area contributed by atoms with Crippen LogP contribution >= 0.6 is 0 Å². The molecular weight excluding hydrogens is 336 g/mol. The van der Waals surface area contributed by atoms with Crippen LogP contribution in [0.1, 0.15) is 24.1 Å². The molecule has 0 spiro atoms. The Morgan fingerprint density at radius 3 is 2.81 bits per heavy atom. The smallest absolute Gasteiger partial charge is 0.206 e. The number of fused-ring (bicyclic) bond motifs is 2. The molecule has 3 heterocycles. The number of aromatic nitrogens is 3. The molecule has 0 radical (unpaired) electrons. The van der Waals surface area contributed by atoms with Crippen LogP contribution in [-0.4, -0.2) is 33.7 Å². The number of benzene rings is 1. The van der Waals surface area contributed by atoms with E-state index in [4.69, 9.17) is 16.0 Å². The Hall–Kier alpha value is -2.91. The highest BCUT2D eigenvalue weighted by atomic mass is 15.3. The first-order valence-corrected chi connectivity index (χ1v) is 9.54. The maximum atomic E-state index is 8.99. The van der Waals surface area contributed by atoms with Gasteiger partial charge in [-0.2, -0.15) is 5.26 Å². The van der Waals surface area contributed by atoms with E-state index in [1.807, 2.05) is 24.3 Å². The van der Waals surface area contributed by atoms with Gasteiger partial charge in [-0.3, -0.25) is 4.98 Å². The molecule has 2 fully saturated rings. The molecule has 1 aromatic carbocycles. The Labute approximate surface area is 158 Å². The molecule has 0 unspecified atom stereocenters. The topological polar surface area (TPSA) is 83.8 Å². The lowest BCUT2D eigenvalue weighted by molar-refractivity contribution is 0.453. The van der Waals surface area contributed by atoms with Crippen LogP contribution in [0.3, 0.4) is 0 Å². The zero-order chi connectivity index (χ0) is 18.4. The number of anilines is 1. The quantitative estimate of drug-likeness (QED) is 0.778. The first-order valence-electron chi connectivity index (χ1n) is 9.54. The van der Waals surface area contributed by atoms with Gasteiger partial charge in [0.05, 0.1) is 28.8 Å². The van der Waals surface area contributed by atoms with E-state index in [1.165, 1.54) is 6.42 Å². The van der Waals surface area contributed by atoms with Crippen LogP contribution in [0.5, 0.6) is 0 Å². The van der Waals surface area contributed by atoms with Gasteiger partial charge in [0, 0.05) is 25.3 Å². The van der Waals surface area contributed by atoms with E-state index in [0.29, 0.717) is 30.0 Å². The molecular formula is C21H22N6. The summed E-state index contributed by atoms with van der Waals surface area (Å²) in [5.41, 5.74) is 9.95. The number of pyridine rings is 1. The number of hydrogen-bond donors (Lipinski definition) is 1. The van der Waals surface area contributed by atoms with E-state index < -0.39 is 0 Å². The van der Waals surface area contributed by atoms with Crippen LogP contribution in [-0.2, 0) is 6.54 Å². The van der Waals surface area contributed by atoms with Gasteiger partial charge < -0.3 is 15.2 Å². The largest absolute Gasteiger partial charge is 0.342 e. The minimum atomic E-state index is 0.318. The highest BCUT2D eigenvalue weighted by Gasteiger charge is 2.42. The standard InChI is InChI=1S/C21H22N6/c22-9-14-5-7-16(24-10-14)12-27-20-4-2-1-3-19(20)25-21(27)26-11-15-6-8-18(23)17(15)13-26/h1-5,7,10,15,17-18H,6,8,11-13,23H2/t15-,17+,18+/m0/s1. The van der Waals surface area contributed by atoms with Crippen LogP contribution in [0.25, 0.3) is 11.0 Å². The van der Waals surface area contributed by atoms with Crippen molar-refractivity contribution in [3.05, 3.63) is 53.9 Å². The second kappa shape index (κ2) is 6.36. The summed E-state index contributed by atoms with van der Waals surface area (Å²) < 4.78 is 2.25. The lowest BCUT2D eigenvalue weighted by atomic mass is 9.98. The number of imidazole rings is 1. The Kier molecular flexibility index (Phi) is 3.83. The van der Waals surface area contributed by atoms with Gasteiger partial charge in [-0.1, -0.05) is 12.1 Å². The molecule has 0 amide bonds. The van der Waals surface area contributed by atoms with Crippen molar-refractivity contribution in [1.82, 2.24) is 14.5 Å². The van der Waals surface area contributed by atoms with Crippen LogP contribution < -0.4 is 10.6 Å². The molecule has 3 atom stereocenters. The molecule has 1 saturated carbocycles. The number of nitrogens with zero attached hydrogens (tertiary/aromatic N) is 5. The second-order valence-corrected chi connectivity index (χ2v) is 7.71. The van der Waals surface area contributed by atoms with Gasteiger partial charge in [0.15, 0.2) is 0 Å². The van der Waals surface area contributed by atoms with Crippen molar-refractivity contribution in [2.45, 2.75) is 25.4 Å². The van der Waals surface area contributed by atoms with Crippen molar-refractivity contribution in [1.29, 1.82) is 5.26 Å². The summed E-state index contributed by atoms with van der Waals surface area (Å²) >= 11 is 0. The third-order valence-electron chi connectivity index (χ3n) is 6.10. The molecule has 6 nitrogen and oxygen atoms in total. The monoisotopic (exact) mass is 358 g/mol. The van der Waals surface area contributed by atoms with E-state index in [-0.39, 0.29) is 0 Å². The fourth-order valence-electron chi connectivity index (χ4n) is 4.68. The summed E-state index contributed by atoms with van der Waals surface area (Å²) in [4.78, 5) is 11.8. The molecule has 2 aliphatic rings. The van der Waals surface area contributed by atoms with E-state index >= 15 is 0 Å². The van der Waals surface area contributed by atoms with Crippen molar-refractivity contribution < 1.29 is 0 Å². The number of hydrogen-bond acceptors (Lipinski definition) is 5. The third-order valence-corrected chi connectivity index (χ3v) is 6.10. The van der Waals surface area contributed by atoms with Gasteiger partial charge in [-0.25, -0.2) is 4.98 Å². The maximum absolute atomic E-state index is 8.99. The van der Waals surface area contributed by atoms with Gasteiger partial charge in [-0.15, -0.1) is 0 Å². The Morgan fingerprint density at radius 2 is 2.04 bits per heavy atom. The molecule has 6 heteroatoms. The lowest BCUT2D eigenvalue weighted by Crippen LogP contribution is -2.31. The molecule has 5 rings (SSSR count). The number of nitrogens with two attached hydrogens (primary N) is 1. The fraction of sp³-hybridized carbons (Fsp3) is 0.381. The third kappa shape index (κ3) is 2.75. The van der Waals surface area contributed by atoms with Crippen molar-refractivity contribution in [3.63, 3.8) is 0 Å². The molecule has 1 aliphatic heterocycles. The number of nitriles is 1. The number of rotatable bonds is 3. The molecule has 1 saturated heterocycles. The van der Waals surface area contributed by atoms with E-state index in [1.54, 1.807) is 6.20 Å². The van der Waals surface area contributed by atoms with Gasteiger partial charge in [-0.05, 0) is 48.9 Å². The average Bonchev–Trinajstić information content (AvgIpc) is 3.37. The minimum absolute atomic E-state index is 0.318.